The summed E-state index contributed by atoms with van der Waals surface area (Å²) in [6.07, 6.45) is 3.20. The number of ether oxygens (including phenoxy) is 1. The van der Waals surface area contributed by atoms with Crippen LogP contribution in [0.2, 0.25) is 0 Å². The number of piperidine rings is 1. The summed E-state index contributed by atoms with van der Waals surface area (Å²) in [6.45, 7) is 3.90. The van der Waals surface area contributed by atoms with Gasteiger partial charge >= 0.3 is 5.97 Å². The smallest absolute Gasteiger partial charge is 0.323 e. The molecule has 0 spiro atoms. The van der Waals surface area contributed by atoms with E-state index in [0.717, 1.165) is 25.9 Å². The van der Waals surface area contributed by atoms with Crippen LogP contribution in [-0.4, -0.2) is 30.6 Å². The zero-order chi connectivity index (χ0) is 13.0. The second kappa shape index (κ2) is 6.01. The fraction of sp³-hybridized carbons (Fsp3) is 0.533. The fourth-order valence-corrected chi connectivity index (χ4v) is 2.51. The SMILES string of the molecule is COC(=O)[C@H]1CCCCN1Cc1ccc(C)cc1. The molecule has 3 heteroatoms. The summed E-state index contributed by atoms with van der Waals surface area (Å²) in [6, 6.07) is 8.44. The van der Waals surface area contributed by atoms with Gasteiger partial charge in [0.05, 0.1) is 7.11 Å². The molecule has 1 aromatic rings. The average molecular weight is 247 g/mol. The molecule has 0 amide bonds. The van der Waals surface area contributed by atoms with Crippen LogP contribution < -0.4 is 0 Å². The van der Waals surface area contributed by atoms with E-state index in [4.69, 9.17) is 4.74 Å². The van der Waals surface area contributed by atoms with Crippen molar-refractivity contribution in [1.82, 2.24) is 4.90 Å². The Kier molecular flexibility index (Phi) is 4.37. The van der Waals surface area contributed by atoms with E-state index in [9.17, 15) is 4.79 Å². The van der Waals surface area contributed by atoms with Gasteiger partial charge in [0.25, 0.3) is 0 Å². The van der Waals surface area contributed by atoms with Crippen molar-refractivity contribution in [1.29, 1.82) is 0 Å². The summed E-state index contributed by atoms with van der Waals surface area (Å²) in [5.41, 5.74) is 2.53. The lowest BCUT2D eigenvalue weighted by molar-refractivity contribution is -0.148. The Bertz CT molecular complexity index is 399. The monoisotopic (exact) mass is 247 g/mol. The molecular weight excluding hydrogens is 226 g/mol. The molecule has 1 aromatic carbocycles. The first-order valence-corrected chi connectivity index (χ1v) is 6.58. The highest BCUT2D eigenvalue weighted by molar-refractivity contribution is 5.75. The lowest BCUT2D eigenvalue weighted by Gasteiger charge is -2.33. The van der Waals surface area contributed by atoms with Gasteiger partial charge in [-0.3, -0.25) is 9.69 Å². The number of likely N-dealkylation sites (tertiary alicyclic amines) is 1. The molecule has 1 aliphatic rings. The number of carbonyl (C=O) groups is 1. The molecule has 3 nitrogen and oxygen atoms in total. The van der Waals surface area contributed by atoms with Gasteiger partial charge in [-0.15, -0.1) is 0 Å². The molecule has 0 aromatic heterocycles. The lowest BCUT2D eigenvalue weighted by atomic mass is 10.0. The van der Waals surface area contributed by atoms with E-state index in [0.29, 0.717) is 0 Å². The van der Waals surface area contributed by atoms with Crippen LogP contribution in [0.15, 0.2) is 24.3 Å². The molecule has 0 aliphatic carbocycles. The number of rotatable bonds is 3. The number of carbonyl (C=O) groups excluding carboxylic acids is 1. The second-order valence-electron chi connectivity index (χ2n) is 4.99. The molecule has 1 fully saturated rings. The molecule has 1 atom stereocenters. The number of benzene rings is 1. The predicted molar refractivity (Wildman–Crippen MR) is 71.2 cm³/mol. The number of aryl methyl sites for hydroxylation is 1. The van der Waals surface area contributed by atoms with Crippen molar-refractivity contribution < 1.29 is 9.53 Å². The molecule has 0 saturated carbocycles. The third-order valence-corrected chi connectivity index (χ3v) is 3.59. The van der Waals surface area contributed by atoms with Gasteiger partial charge in [0.1, 0.15) is 6.04 Å². The first-order chi connectivity index (χ1) is 8.70. The summed E-state index contributed by atoms with van der Waals surface area (Å²) >= 11 is 0. The Labute approximate surface area is 109 Å². The Hall–Kier alpha value is -1.35. The molecule has 1 aliphatic heterocycles. The van der Waals surface area contributed by atoms with Gasteiger partial charge in [-0.2, -0.15) is 0 Å². The number of methoxy groups -OCH3 is 1. The van der Waals surface area contributed by atoms with E-state index in [1.165, 1.54) is 24.7 Å². The quantitative estimate of drug-likeness (QED) is 0.769. The van der Waals surface area contributed by atoms with Crippen LogP contribution in [0.1, 0.15) is 30.4 Å². The van der Waals surface area contributed by atoms with E-state index < -0.39 is 0 Å². The lowest BCUT2D eigenvalue weighted by Crippen LogP contribution is -2.44. The van der Waals surface area contributed by atoms with E-state index in [2.05, 4.69) is 36.1 Å². The molecule has 1 heterocycles. The number of hydrogen-bond acceptors (Lipinski definition) is 3. The van der Waals surface area contributed by atoms with E-state index >= 15 is 0 Å². The van der Waals surface area contributed by atoms with Crippen molar-refractivity contribution in [2.24, 2.45) is 0 Å². The van der Waals surface area contributed by atoms with Gasteiger partial charge in [0.15, 0.2) is 0 Å². The van der Waals surface area contributed by atoms with Gasteiger partial charge < -0.3 is 4.74 Å². The minimum atomic E-state index is -0.0955. The normalized spacial score (nSPS) is 20.7. The molecular formula is C15H21NO2. The van der Waals surface area contributed by atoms with Crippen molar-refractivity contribution in [3.05, 3.63) is 35.4 Å². The molecule has 0 unspecified atom stereocenters. The summed E-state index contributed by atoms with van der Waals surface area (Å²) in [7, 11) is 1.47. The largest absolute Gasteiger partial charge is 0.468 e. The highest BCUT2D eigenvalue weighted by atomic mass is 16.5. The molecule has 18 heavy (non-hydrogen) atoms. The summed E-state index contributed by atoms with van der Waals surface area (Å²) < 4.78 is 4.90. The zero-order valence-electron chi connectivity index (χ0n) is 11.2. The third kappa shape index (κ3) is 3.10. The zero-order valence-corrected chi connectivity index (χ0v) is 11.2. The van der Waals surface area contributed by atoms with Crippen LogP contribution in [0, 0.1) is 6.92 Å². The summed E-state index contributed by atoms with van der Waals surface area (Å²) in [5.74, 6) is -0.0955. The second-order valence-corrected chi connectivity index (χ2v) is 4.99. The van der Waals surface area contributed by atoms with Crippen LogP contribution in [-0.2, 0) is 16.1 Å². The third-order valence-electron chi connectivity index (χ3n) is 3.59. The minimum Gasteiger partial charge on any atom is -0.468 e. The standard InChI is InChI=1S/C15H21NO2/c1-12-6-8-13(9-7-12)11-16-10-4-3-5-14(16)15(17)18-2/h6-9,14H,3-5,10-11H2,1-2H3/t14-/m1/s1. The van der Waals surface area contributed by atoms with Gasteiger partial charge in [-0.1, -0.05) is 36.2 Å². The Morgan fingerprint density at radius 2 is 2.06 bits per heavy atom. The van der Waals surface area contributed by atoms with Crippen molar-refractivity contribution in [3.8, 4) is 0 Å². The average Bonchev–Trinajstić information content (AvgIpc) is 2.41. The van der Waals surface area contributed by atoms with Gasteiger partial charge in [-0.05, 0) is 31.9 Å². The van der Waals surface area contributed by atoms with Crippen LogP contribution in [0.4, 0.5) is 0 Å². The van der Waals surface area contributed by atoms with E-state index in [-0.39, 0.29) is 12.0 Å². The highest BCUT2D eigenvalue weighted by Gasteiger charge is 2.29. The summed E-state index contributed by atoms with van der Waals surface area (Å²) in [5, 5.41) is 0. The first-order valence-electron chi connectivity index (χ1n) is 6.58. The van der Waals surface area contributed by atoms with Gasteiger partial charge in [-0.25, -0.2) is 0 Å². The Balaban J connectivity index is 2.05. The molecule has 0 bridgehead atoms. The van der Waals surface area contributed by atoms with Crippen molar-refractivity contribution in [2.45, 2.75) is 38.8 Å². The molecule has 98 valence electrons. The van der Waals surface area contributed by atoms with E-state index in [1.54, 1.807) is 0 Å². The first kappa shape index (κ1) is 13.1. The molecule has 2 rings (SSSR count). The van der Waals surface area contributed by atoms with Crippen LogP contribution in [0.5, 0.6) is 0 Å². The Morgan fingerprint density at radius 3 is 2.72 bits per heavy atom. The topological polar surface area (TPSA) is 29.5 Å². The highest BCUT2D eigenvalue weighted by Crippen LogP contribution is 2.20. The van der Waals surface area contributed by atoms with Gasteiger partial charge in [0.2, 0.25) is 0 Å². The summed E-state index contributed by atoms with van der Waals surface area (Å²) in [4.78, 5) is 14.0. The van der Waals surface area contributed by atoms with Crippen molar-refractivity contribution >= 4 is 5.97 Å². The fourth-order valence-electron chi connectivity index (χ4n) is 2.51. The number of esters is 1. The maximum absolute atomic E-state index is 11.8. The van der Waals surface area contributed by atoms with Crippen molar-refractivity contribution in [2.75, 3.05) is 13.7 Å². The predicted octanol–water partition coefficient (Wildman–Crippen LogP) is 2.52. The van der Waals surface area contributed by atoms with E-state index in [1.807, 2.05) is 0 Å². The molecule has 0 N–H and O–H groups in total. The Morgan fingerprint density at radius 1 is 1.33 bits per heavy atom. The maximum atomic E-state index is 11.8. The van der Waals surface area contributed by atoms with Crippen LogP contribution in [0.3, 0.4) is 0 Å². The number of hydrogen-bond donors (Lipinski definition) is 0. The number of nitrogens with zero attached hydrogens (tertiary/aromatic N) is 1. The van der Waals surface area contributed by atoms with Crippen molar-refractivity contribution in [3.63, 3.8) is 0 Å². The molecule has 0 radical (unpaired) electrons. The van der Waals surface area contributed by atoms with Crippen LogP contribution in [0.25, 0.3) is 0 Å². The molecule has 1 saturated heterocycles. The minimum absolute atomic E-state index is 0.0648. The maximum Gasteiger partial charge on any atom is 0.323 e. The van der Waals surface area contributed by atoms with Crippen LogP contribution >= 0.6 is 0 Å². The van der Waals surface area contributed by atoms with Gasteiger partial charge in [0, 0.05) is 6.54 Å².